The molecule has 1 aliphatic rings. The third-order valence-electron chi connectivity index (χ3n) is 3.75. The van der Waals surface area contributed by atoms with E-state index in [2.05, 4.69) is 11.8 Å². The van der Waals surface area contributed by atoms with Crippen molar-refractivity contribution < 1.29 is 10.2 Å². The molecule has 0 aliphatic heterocycles. The lowest BCUT2D eigenvalue weighted by Crippen LogP contribution is -2.21. The van der Waals surface area contributed by atoms with Crippen LogP contribution in [0.4, 0.5) is 0 Å². The molecule has 106 valence electrons. The molecule has 2 N–H and O–H groups in total. The first kappa shape index (κ1) is 14.8. The summed E-state index contributed by atoms with van der Waals surface area (Å²) in [7, 11) is 0. The largest absolute Gasteiger partial charge is 0.380 e. The molecule has 0 amide bonds. The minimum absolute atomic E-state index is 0.279. The SMILES string of the molecule is OC(C#CC(O)C1CCCCC1)/C=C/c1ccccc1. The van der Waals surface area contributed by atoms with Crippen LogP contribution in [0.2, 0.25) is 0 Å². The molecule has 0 heterocycles. The van der Waals surface area contributed by atoms with Gasteiger partial charge in [-0.2, -0.15) is 0 Å². The van der Waals surface area contributed by atoms with Crippen molar-refractivity contribution >= 4 is 6.08 Å². The van der Waals surface area contributed by atoms with Crippen molar-refractivity contribution in [2.24, 2.45) is 5.92 Å². The lowest BCUT2D eigenvalue weighted by atomic mass is 9.85. The molecule has 1 aromatic rings. The number of hydrogen-bond acceptors (Lipinski definition) is 2. The summed E-state index contributed by atoms with van der Waals surface area (Å²) in [5, 5.41) is 19.8. The van der Waals surface area contributed by atoms with Gasteiger partial charge in [-0.25, -0.2) is 0 Å². The second-order valence-corrected chi connectivity index (χ2v) is 5.35. The molecular weight excluding hydrogens is 248 g/mol. The van der Waals surface area contributed by atoms with Gasteiger partial charge in [0.25, 0.3) is 0 Å². The molecule has 1 aliphatic carbocycles. The summed E-state index contributed by atoms with van der Waals surface area (Å²) in [5.74, 6) is 5.79. The van der Waals surface area contributed by atoms with Gasteiger partial charge >= 0.3 is 0 Å². The van der Waals surface area contributed by atoms with Gasteiger partial charge in [0.05, 0.1) is 0 Å². The number of aliphatic hydroxyl groups excluding tert-OH is 2. The molecule has 0 saturated heterocycles. The van der Waals surface area contributed by atoms with E-state index in [9.17, 15) is 10.2 Å². The number of benzene rings is 1. The van der Waals surface area contributed by atoms with Crippen LogP contribution in [-0.2, 0) is 0 Å². The van der Waals surface area contributed by atoms with Gasteiger partial charge in [0.2, 0.25) is 0 Å². The zero-order valence-electron chi connectivity index (χ0n) is 11.7. The van der Waals surface area contributed by atoms with E-state index < -0.39 is 12.2 Å². The Labute approximate surface area is 121 Å². The first-order valence-electron chi connectivity index (χ1n) is 7.36. The lowest BCUT2D eigenvalue weighted by molar-refractivity contribution is 0.132. The van der Waals surface area contributed by atoms with E-state index in [1.165, 1.54) is 19.3 Å². The van der Waals surface area contributed by atoms with E-state index >= 15 is 0 Å². The van der Waals surface area contributed by atoms with Gasteiger partial charge in [-0.15, -0.1) is 0 Å². The first-order valence-corrected chi connectivity index (χ1v) is 7.36. The van der Waals surface area contributed by atoms with Crippen LogP contribution < -0.4 is 0 Å². The van der Waals surface area contributed by atoms with E-state index in [1.807, 2.05) is 36.4 Å². The molecule has 2 unspecified atom stereocenters. The fraction of sp³-hybridized carbons (Fsp3) is 0.444. The monoisotopic (exact) mass is 270 g/mol. The van der Waals surface area contributed by atoms with Crippen molar-refractivity contribution in [3.63, 3.8) is 0 Å². The second kappa shape index (κ2) is 7.89. The maximum Gasteiger partial charge on any atom is 0.133 e. The van der Waals surface area contributed by atoms with Crippen LogP contribution in [0.25, 0.3) is 6.08 Å². The van der Waals surface area contributed by atoms with Crippen molar-refractivity contribution in [3.05, 3.63) is 42.0 Å². The summed E-state index contributed by atoms with van der Waals surface area (Å²) in [6, 6.07) is 9.78. The third-order valence-corrected chi connectivity index (χ3v) is 3.75. The van der Waals surface area contributed by atoms with E-state index in [0.717, 1.165) is 18.4 Å². The van der Waals surface area contributed by atoms with Crippen LogP contribution in [0, 0.1) is 17.8 Å². The predicted octanol–water partition coefficient (Wildman–Crippen LogP) is 3.01. The number of hydrogen-bond donors (Lipinski definition) is 2. The molecule has 1 aromatic carbocycles. The second-order valence-electron chi connectivity index (χ2n) is 5.35. The van der Waals surface area contributed by atoms with E-state index in [1.54, 1.807) is 6.08 Å². The van der Waals surface area contributed by atoms with Crippen LogP contribution in [0.15, 0.2) is 36.4 Å². The van der Waals surface area contributed by atoms with Gasteiger partial charge in [0.15, 0.2) is 0 Å². The Hall–Kier alpha value is -1.56. The quantitative estimate of drug-likeness (QED) is 0.829. The van der Waals surface area contributed by atoms with E-state index in [4.69, 9.17) is 0 Å². The highest BCUT2D eigenvalue weighted by Gasteiger charge is 2.19. The predicted molar refractivity (Wildman–Crippen MR) is 81.8 cm³/mol. The molecule has 0 spiro atoms. The maximum atomic E-state index is 10.00. The zero-order valence-corrected chi connectivity index (χ0v) is 11.7. The van der Waals surface area contributed by atoms with Crippen molar-refractivity contribution in [2.45, 2.75) is 44.3 Å². The van der Waals surface area contributed by atoms with Gasteiger partial charge in [-0.3, -0.25) is 0 Å². The fourth-order valence-electron chi connectivity index (χ4n) is 2.55. The fourth-order valence-corrected chi connectivity index (χ4v) is 2.55. The molecular formula is C18H22O2. The third kappa shape index (κ3) is 4.85. The van der Waals surface area contributed by atoms with E-state index in [-0.39, 0.29) is 5.92 Å². The molecule has 0 bridgehead atoms. The van der Waals surface area contributed by atoms with Crippen LogP contribution in [0.3, 0.4) is 0 Å². The maximum absolute atomic E-state index is 10.00. The number of rotatable bonds is 3. The van der Waals surface area contributed by atoms with Crippen molar-refractivity contribution in [3.8, 4) is 11.8 Å². The zero-order chi connectivity index (χ0) is 14.2. The lowest BCUT2D eigenvalue weighted by Gasteiger charge is -2.23. The average Bonchev–Trinajstić information content (AvgIpc) is 2.52. The van der Waals surface area contributed by atoms with Gasteiger partial charge in [0, 0.05) is 0 Å². The molecule has 0 aromatic heterocycles. The highest BCUT2D eigenvalue weighted by Crippen LogP contribution is 2.26. The average molecular weight is 270 g/mol. The van der Waals surface area contributed by atoms with Crippen molar-refractivity contribution in [1.82, 2.24) is 0 Å². The summed E-state index contributed by atoms with van der Waals surface area (Å²) in [6.45, 7) is 0. The van der Waals surface area contributed by atoms with Crippen LogP contribution in [-0.4, -0.2) is 22.4 Å². The van der Waals surface area contributed by atoms with Crippen LogP contribution in [0.1, 0.15) is 37.7 Å². The molecule has 2 rings (SSSR count). The standard InChI is InChI=1S/C18H22O2/c19-17(12-11-15-7-3-1-4-8-15)13-14-18(20)16-9-5-2-6-10-16/h1,3-4,7-8,11-12,16-20H,2,5-6,9-10H2/b12-11+. The Balaban J connectivity index is 1.86. The molecule has 2 nitrogen and oxygen atoms in total. The smallest absolute Gasteiger partial charge is 0.133 e. The van der Waals surface area contributed by atoms with Crippen LogP contribution in [0.5, 0.6) is 0 Å². The Bertz CT molecular complexity index is 475. The van der Waals surface area contributed by atoms with Crippen LogP contribution >= 0.6 is 0 Å². The summed E-state index contributed by atoms with van der Waals surface area (Å²) < 4.78 is 0. The normalized spacial score (nSPS) is 19.3. The Morgan fingerprint density at radius 1 is 1.00 bits per heavy atom. The molecule has 1 saturated carbocycles. The van der Waals surface area contributed by atoms with Gasteiger partial charge in [0.1, 0.15) is 12.2 Å². The number of aliphatic hydroxyl groups is 2. The molecule has 2 heteroatoms. The minimum Gasteiger partial charge on any atom is -0.380 e. The Morgan fingerprint density at radius 2 is 1.70 bits per heavy atom. The molecule has 0 radical (unpaired) electrons. The summed E-state index contributed by atoms with van der Waals surface area (Å²) >= 11 is 0. The highest BCUT2D eigenvalue weighted by molar-refractivity contribution is 5.50. The van der Waals surface area contributed by atoms with Gasteiger partial charge in [-0.05, 0) is 30.4 Å². The van der Waals surface area contributed by atoms with Gasteiger partial charge < -0.3 is 10.2 Å². The van der Waals surface area contributed by atoms with Crippen molar-refractivity contribution in [2.75, 3.05) is 0 Å². The first-order chi connectivity index (χ1) is 9.75. The molecule has 1 fully saturated rings. The summed E-state index contributed by atoms with van der Waals surface area (Å²) in [6.07, 6.45) is 7.78. The van der Waals surface area contributed by atoms with Gasteiger partial charge in [-0.1, -0.05) is 67.5 Å². The van der Waals surface area contributed by atoms with E-state index in [0.29, 0.717) is 0 Å². The molecule has 2 atom stereocenters. The highest BCUT2D eigenvalue weighted by atomic mass is 16.3. The minimum atomic E-state index is -0.826. The van der Waals surface area contributed by atoms with Crippen molar-refractivity contribution in [1.29, 1.82) is 0 Å². The Kier molecular flexibility index (Phi) is 5.86. The topological polar surface area (TPSA) is 40.5 Å². The Morgan fingerprint density at radius 3 is 2.40 bits per heavy atom. The molecule has 20 heavy (non-hydrogen) atoms. The summed E-state index contributed by atoms with van der Waals surface area (Å²) in [5.41, 5.74) is 1.03. The summed E-state index contributed by atoms with van der Waals surface area (Å²) in [4.78, 5) is 0.